The lowest BCUT2D eigenvalue weighted by atomic mass is 10.1. The van der Waals surface area contributed by atoms with E-state index < -0.39 is 0 Å². The number of anilines is 1. The summed E-state index contributed by atoms with van der Waals surface area (Å²) in [5.41, 5.74) is 1.42. The van der Waals surface area contributed by atoms with Gasteiger partial charge in [-0.3, -0.25) is 0 Å². The van der Waals surface area contributed by atoms with Crippen molar-refractivity contribution in [3.05, 3.63) is 42.5 Å². The third-order valence-corrected chi connectivity index (χ3v) is 2.64. The molecule has 0 radical (unpaired) electrons. The molecule has 0 saturated heterocycles. The lowest BCUT2D eigenvalue weighted by Gasteiger charge is -2.26. The SMILES string of the molecule is C=CC(C)N(C)c1ccccc1C(=O)OC. The minimum Gasteiger partial charge on any atom is -0.465 e. The number of likely N-dealkylation sites (N-methyl/N-ethyl adjacent to an activating group) is 1. The van der Waals surface area contributed by atoms with Crippen LogP contribution in [0.5, 0.6) is 0 Å². The van der Waals surface area contributed by atoms with Gasteiger partial charge in [0.15, 0.2) is 0 Å². The standard InChI is InChI=1S/C13H17NO2/c1-5-10(2)14(3)12-9-7-6-8-11(12)13(15)16-4/h5-10H,1H2,2-4H3. The molecule has 0 aromatic heterocycles. The highest BCUT2D eigenvalue weighted by Crippen LogP contribution is 2.21. The smallest absolute Gasteiger partial charge is 0.339 e. The first-order chi connectivity index (χ1) is 7.61. The maximum absolute atomic E-state index is 11.6. The van der Waals surface area contributed by atoms with E-state index in [0.29, 0.717) is 5.56 Å². The number of rotatable bonds is 4. The molecule has 0 aliphatic rings. The molecule has 0 amide bonds. The summed E-state index contributed by atoms with van der Waals surface area (Å²) in [6, 6.07) is 7.53. The molecule has 0 saturated carbocycles. The van der Waals surface area contributed by atoms with E-state index in [1.165, 1.54) is 7.11 Å². The number of methoxy groups -OCH3 is 1. The zero-order valence-corrected chi connectivity index (χ0v) is 9.93. The predicted molar refractivity (Wildman–Crippen MR) is 65.8 cm³/mol. The molecule has 16 heavy (non-hydrogen) atoms. The van der Waals surface area contributed by atoms with Gasteiger partial charge in [0.25, 0.3) is 0 Å². The Morgan fingerprint density at radius 3 is 2.69 bits per heavy atom. The molecule has 0 spiro atoms. The van der Waals surface area contributed by atoms with Gasteiger partial charge >= 0.3 is 5.97 Å². The molecule has 86 valence electrons. The maximum atomic E-state index is 11.6. The molecule has 0 fully saturated rings. The number of carbonyl (C=O) groups is 1. The Morgan fingerprint density at radius 2 is 2.12 bits per heavy atom. The molecule has 0 N–H and O–H groups in total. The lowest BCUT2D eigenvalue weighted by Crippen LogP contribution is -2.28. The highest BCUT2D eigenvalue weighted by molar-refractivity contribution is 5.95. The first-order valence-electron chi connectivity index (χ1n) is 5.14. The Balaban J connectivity index is 3.12. The van der Waals surface area contributed by atoms with Crippen LogP contribution >= 0.6 is 0 Å². The van der Waals surface area contributed by atoms with E-state index in [0.717, 1.165) is 5.69 Å². The second-order valence-corrected chi connectivity index (χ2v) is 3.60. The zero-order valence-electron chi connectivity index (χ0n) is 9.93. The van der Waals surface area contributed by atoms with Crippen LogP contribution in [0.15, 0.2) is 36.9 Å². The summed E-state index contributed by atoms with van der Waals surface area (Å²) in [4.78, 5) is 13.6. The number of carbonyl (C=O) groups excluding carboxylic acids is 1. The van der Waals surface area contributed by atoms with Crippen molar-refractivity contribution in [2.24, 2.45) is 0 Å². The summed E-state index contributed by atoms with van der Waals surface area (Å²) >= 11 is 0. The van der Waals surface area contributed by atoms with Gasteiger partial charge in [-0.25, -0.2) is 4.79 Å². The summed E-state index contributed by atoms with van der Waals surface area (Å²) in [6.07, 6.45) is 1.83. The largest absolute Gasteiger partial charge is 0.465 e. The monoisotopic (exact) mass is 219 g/mol. The Labute approximate surface area is 96.3 Å². The van der Waals surface area contributed by atoms with Crippen LogP contribution in [-0.4, -0.2) is 26.2 Å². The van der Waals surface area contributed by atoms with Crippen molar-refractivity contribution in [2.75, 3.05) is 19.1 Å². The third kappa shape index (κ3) is 2.42. The average Bonchev–Trinajstić information content (AvgIpc) is 2.35. The van der Waals surface area contributed by atoms with Crippen molar-refractivity contribution in [3.63, 3.8) is 0 Å². The van der Waals surface area contributed by atoms with E-state index in [9.17, 15) is 4.79 Å². The maximum Gasteiger partial charge on any atom is 0.339 e. The van der Waals surface area contributed by atoms with Crippen LogP contribution in [0.2, 0.25) is 0 Å². The number of esters is 1. The van der Waals surface area contributed by atoms with E-state index in [1.54, 1.807) is 6.07 Å². The fourth-order valence-corrected chi connectivity index (χ4v) is 1.44. The number of hydrogen-bond donors (Lipinski definition) is 0. The molecule has 1 rings (SSSR count). The van der Waals surface area contributed by atoms with Crippen molar-refractivity contribution in [3.8, 4) is 0 Å². The first kappa shape index (κ1) is 12.3. The average molecular weight is 219 g/mol. The molecule has 1 atom stereocenters. The van der Waals surface area contributed by atoms with Crippen LogP contribution in [0.25, 0.3) is 0 Å². The van der Waals surface area contributed by atoms with Gasteiger partial charge in [0.2, 0.25) is 0 Å². The minimum atomic E-state index is -0.321. The van der Waals surface area contributed by atoms with Gasteiger partial charge in [-0.2, -0.15) is 0 Å². The third-order valence-electron chi connectivity index (χ3n) is 2.64. The quantitative estimate of drug-likeness (QED) is 0.575. The highest BCUT2D eigenvalue weighted by atomic mass is 16.5. The summed E-state index contributed by atoms with van der Waals surface area (Å²) in [5.74, 6) is -0.321. The highest BCUT2D eigenvalue weighted by Gasteiger charge is 2.15. The molecule has 1 aromatic rings. The van der Waals surface area contributed by atoms with E-state index in [1.807, 2.05) is 43.1 Å². The zero-order chi connectivity index (χ0) is 12.1. The summed E-state index contributed by atoms with van der Waals surface area (Å²) in [6.45, 7) is 5.76. The van der Waals surface area contributed by atoms with E-state index in [-0.39, 0.29) is 12.0 Å². The molecular formula is C13H17NO2. The van der Waals surface area contributed by atoms with Crippen molar-refractivity contribution in [1.29, 1.82) is 0 Å². The molecule has 1 aromatic carbocycles. The van der Waals surface area contributed by atoms with Gasteiger partial charge < -0.3 is 9.64 Å². The lowest BCUT2D eigenvalue weighted by molar-refractivity contribution is 0.0601. The van der Waals surface area contributed by atoms with Gasteiger partial charge in [-0.05, 0) is 19.1 Å². The topological polar surface area (TPSA) is 29.5 Å². The fourth-order valence-electron chi connectivity index (χ4n) is 1.44. The Morgan fingerprint density at radius 1 is 1.50 bits per heavy atom. The molecule has 0 bridgehead atoms. The summed E-state index contributed by atoms with van der Waals surface area (Å²) in [5, 5.41) is 0. The van der Waals surface area contributed by atoms with Crippen molar-refractivity contribution in [1.82, 2.24) is 0 Å². The number of para-hydroxylation sites is 1. The molecular weight excluding hydrogens is 202 g/mol. The summed E-state index contributed by atoms with van der Waals surface area (Å²) in [7, 11) is 3.31. The Bertz CT molecular complexity index is 387. The number of hydrogen-bond acceptors (Lipinski definition) is 3. The summed E-state index contributed by atoms with van der Waals surface area (Å²) < 4.78 is 4.75. The van der Waals surface area contributed by atoms with Gasteiger partial charge in [-0.15, -0.1) is 6.58 Å². The fraction of sp³-hybridized carbons (Fsp3) is 0.308. The van der Waals surface area contributed by atoms with E-state index in [4.69, 9.17) is 4.74 Å². The first-order valence-corrected chi connectivity index (χ1v) is 5.14. The van der Waals surface area contributed by atoms with Gasteiger partial charge in [-0.1, -0.05) is 18.2 Å². The number of nitrogens with zero attached hydrogens (tertiary/aromatic N) is 1. The van der Waals surface area contributed by atoms with Crippen molar-refractivity contribution >= 4 is 11.7 Å². The normalized spacial score (nSPS) is 11.7. The molecule has 0 aliphatic heterocycles. The van der Waals surface area contributed by atoms with E-state index in [2.05, 4.69) is 6.58 Å². The minimum absolute atomic E-state index is 0.158. The van der Waals surface area contributed by atoms with Gasteiger partial charge in [0.1, 0.15) is 0 Å². The molecule has 1 unspecified atom stereocenters. The van der Waals surface area contributed by atoms with Crippen LogP contribution < -0.4 is 4.90 Å². The Kier molecular flexibility index (Phi) is 4.11. The van der Waals surface area contributed by atoms with Crippen LogP contribution in [0.1, 0.15) is 17.3 Å². The molecule has 0 aliphatic carbocycles. The van der Waals surface area contributed by atoms with Gasteiger partial charge in [0.05, 0.1) is 18.4 Å². The van der Waals surface area contributed by atoms with Crippen LogP contribution in [0.3, 0.4) is 0 Å². The van der Waals surface area contributed by atoms with Crippen molar-refractivity contribution in [2.45, 2.75) is 13.0 Å². The second-order valence-electron chi connectivity index (χ2n) is 3.60. The van der Waals surface area contributed by atoms with Crippen molar-refractivity contribution < 1.29 is 9.53 Å². The number of ether oxygens (including phenoxy) is 1. The van der Waals surface area contributed by atoms with Crippen LogP contribution in [-0.2, 0) is 4.74 Å². The predicted octanol–water partition coefficient (Wildman–Crippen LogP) is 2.48. The molecule has 3 heteroatoms. The molecule has 0 heterocycles. The van der Waals surface area contributed by atoms with E-state index >= 15 is 0 Å². The van der Waals surface area contributed by atoms with Gasteiger partial charge in [0, 0.05) is 13.1 Å². The number of benzene rings is 1. The van der Waals surface area contributed by atoms with Crippen LogP contribution in [0, 0.1) is 0 Å². The second kappa shape index (κ2) is 5.35. The Hall–Kier alpha value is -1.77. The molecule has 3 nitrogen and oxygen atoms in total. The van der Waals surface area contributed by atoms with Crippen LogP contribution in [0.4, 0.5) is 5.69 Å².